The average molecular weight is 412 g/mol. The predicted molar refractivity (Wildman–Crippen MR) is 115 cm³/mol. The van der Waals surface area contributed by atoms with E-state index in [1.807, 2.05) is 39.8 Å². The van der Waals surface area contributed by atoms with E-state index in [0.717, 1.165) is 16.9 Å². The highest BCUT2D eigenvalue weighted by Gasteiger charge is 2.21. The van der Waals surface area contributed by atoms with E-state index < -0.39 is 6.10 Å². The molecular formula is C22H28N4O4. The van der Waals surface area contributed by atoms with E-state index in [4.69, 9.17) is 4.42 Å². The van der Waals surface area contributed by atoms with Crippen LogP contribution in [0.25, 0.3) is 16.9 Å². The quantitative estimate of drug-likeness (QED) is 0.629. The van der Waals surface area contributed by atoms with Crippen molar-refractivity contribution < 1.29 is 14.3 Å². The number of rotatable bonds is 6. The molecule has 0 spiro atoms. The normalized spacial score (nSPS) is 12.2. The number of allylic oxidation sites excluding steroid dienone is 2. The first-order valence-electron chi connectivity index (χ1n) is 9.85. The van der Waals surface area contributed by atoms with Crippen molar-refractivity contribution in [3.05, 3.63) is 57.7 Å². The Labute approximate surface area is 175 Å². The van der Waals surface area contributed by atoms with E-state index in [0.29, 0.717) is 18.0 Å². The molecule has 3 aromatic rings. The van der Waals surface area contributed by atoms with Gasteiger partial charge in [-0.2, -0.15) is 0 Å². The molecule has 1 unspecified atom stereocenters. The number of hydrogen-bond donors (Lipinski definition) is 1. The highest BCUT2D eigenvalue weighted by Crippen LogP contribution is 2.26. The molecule has 0 aliphatic rings. The highest BCUT2D eigenvalue weighted by atomic mass is 16.3. The minimum atomic E-state index is -0.656. The van der Waals surface area contributed by atoms with Crippen LogP contribution in [-0.4, -0.2) is 49.6 Å². The van der Waals surface area contributed by atoms with Crippen LogP contribution in [0.2, 0.25) is 0 Å². The number of fused-ring (bicyclic) bond motifs is 1. The molecule has 0 aromatic carbocycles. The Morgan fingerprint density at radius 1 is 1.33 bits per heavy atom. The molecule has 0 aliphatic heterocycles. The number of nitrogens with zero attached hydrogens (tertiary/aromatic N) is 4. The summed E-state index contributed by atoms with van der Waals surface area (Å²) in [6, 6.07) is 1.90. The lowest BCUT2D eigenvalue weighted by atomic mass is 10.1. The van der Waals surface area contributed by atoms with Gasteiger partial charge in [-0.05, 0) is 40.7 Å². The number of aliphatic hydroxyl groups excluding tert-OH is 1. The number of likely N-dealkylation sites (N-methyl/N-ethyl adjacent to an activating group) is 1. The molecule has 0 bridgehead atoms. The first-order valence-corrected chi connectivity index (χ1v) is 9.85. The van der Waals surface area contributed by atoms with Gasteiger partial charge in [-0.1, -0.05) is 11.6 Å². The average Bonchev–Trinajstić information content (AvgIpc) is 3.22. The summed E-state index contributed by atoms with van der Waals surface area (Å²) < 4.78 is 8.90. The van der Waals surface area contributed by atoms with Gasteiger partial charge in [0.2, 0.25) is 5.65 Å². The number of furan rings is 1. The van der Waals surface area contributed by atoms with E-state index >= 15 is 0 Å². The smallest absolute Gasteiger partial charge is 0.295 e. The summed E-state index contributed by atoms with van der Waals surface area (Å²) in [6.45, 7) is 9.83. The topological polar surface area (TPSA) is 93.0 Å². The molecule has 0 saturated carbocycles. The number of hydrogen-bond acceptors (Lipinski definition) is 5. The van der Waals surface area contributed by atoms with Crippen LogP contribution >= 0.6 is 0 Å². The Kier molecular flexibility index (Phi) is 5.98. The molecule has 160 valence electrons. The molecule has 3 aromatic heterocycles. The Hall–Kier alpha value is -3.13. The van der Waals surface area contributed by atoms with E-state index in [1.165, 1.54) is 4.90 Å². The SMILES string of the molecule is CC(C)=CCn1c(-c2cc(C)oc2C)cn2cc(C(=O)N(C)CC(C)O)nc2c1=O. The molecule has 1 amide bonds. The Bertz CT molecular complexity index is 1180. The fraction of sp³-hybridized carbons (Fsp3) is 0.409. The zero-order valence-electron chi connectivity index (χ0n) is 18.3. The second kappa shape index (κ2) is 8.31. The maximum atomic E-state index is 13.3. The number of aryl methyl sites for hydroxylation is 2. The molecular weight excluding hydrogens is 384 g/mol. The van der Waals surface area contributed by atoms with E-state index in [-0.39, 0.29) is 29.4 Å². The van der Waals surface area contributed by atoms with Crippen LogP contribution in [0.15, 0.2) is 39.3 Å². The molecule has 3 rings (SSSR count). The zero-order chi connectivity index (χ0) is 22.2. The van der Waals surface area contributed by atoms with Crippen molar-refractivity contribution in [1.82, 2.24) is 18.9 Å². The largest absolute Gasteiger partial charge is 0.466 e. The minimum absolute atomic E-state index is 0.154. The summed E-state index contributed by atoms with van der Waals surface area (Å²) >= 11 is 0. The lowest BCUT2D eigenvalue weighted by Gasteiger charge is -2.17. The highest BCUT2D eigenvalue weighted by molar-refractivity contribution is 5.92. The van der Waals surface area contributed by atoms with Gasteiger partial charge in [-0.3, -0.25) is 18.6 Å². The first-order chi connectivity index (χ1) is 14.1. The minimum Gasteiger partial charge on any atom is -0.466 e. The number of carbonyl (C=O) groups is 1. The summed E-state index contributed by atoms with van der Waals surface area (Å²) in [5.41, 5.74) is 2.63. The van der Waals surface area contributed by atoms with Crippen LogP contribution in [0, 0.1) is 13.8 Å². The number of aliphatic hydroxyl groups is 1. The van der Waals surface area contributed by atoms with Crippen molar-refractivity contribution in [1.29, 1.82) is 0 Å². The third kappa shape index (κ3) is 4.23. The van der Waals surface area contributed by atoms with Crippen LogP contribution < -0.4 is 5.56 Å². The fourth-order valence-corrected chi connectivity index (χ4v) is 3.41. The molecule has 8 nitrogen and oxygen atoms in total. The summed E-state index contributed by atoms with van der Waals surface area (Å²) in [6.07, 6.45) is 4.66. The van der Waals surface area contributed by atoms with Crippen molar-refractivity contribution >= 4 is 11.6 Å². The molecule has 30 heavy (non-hydrogen) atoms. The van der Waals surface area contributed by atoms with Gasteiger partial charge in [0.1, 0.15) is 17.2 Å². The third-order valence-corrected chi connectivity index (χ3v) is 4.82. The Morgan fingerprint density at radius 2 is 2.03 bits per heavy atom. The van der Waals surface area contributed by atoms with Gasteiger partial charge in [-0.15, -0.1) is 0 Å². The van der Waals surface area contributed by atoms with Crippen LogP contribution in [-0.2, 0) is 6.54 Å². The maximum absolute atomic E-state index is 13.3. The number of carbonyl (C=O) groups excluding carboxylic acids is 1. The van der Waals surface area contributed by atoms with Gasteiger partial charge < -0.3 is 14.4 Å². The predicted octanol–water partition coefficient (Wildman–Crippen LogP) is 2.79. The van der Waals surface area contributed by atoms with E-state index in [1.54, 1.807) is 35.3 Å². The van der Waals surface area contributed by atoms with Gasteiger partial charge in [0.15, 0.2) is 0 Å². The Balaban J connectivity index is 2.19. The van der Waals surface area contributed by atoms with Gasteiger partial charge in [0.25, 0.3) is 11.5 Å². The third-order valence-electron chi connectivity index (χ3n) is 4.82. The van der Waals surface area contributed by atoms with E-state index in [9.17, 15) is 14.7 Å². The summed E-state index contributed by atoms with van der Waals surface area (Å²) in [5.74, 6) is 1.11. The molecule has 1 N–H and O–H groups in total. The van der Waals surface area contributed by atoms with Gasteiger partial charge in [0, 0.05) is 38.1 Å². The second-order valence-electron chi connectivity index (χ2n) is 7.93. The number of amides is 1. The van der Waals surface area contributed by atoms with Gasteiger partial charge >= 0.3 is 0 Å². The first kappa shape index (κ1) is 21.6. The second-order valence-corrected chi connectivity index (χ2v) is 7.93. The van der Waals surface area contributed by atoms with Crippen molar-refractivity contribution in [2.45, 2.75) is 47.3 Å². The summed E-state index contributed by atoms with van der Waals surface area (Å²) in [4.78, 5) is 31.7. The standard InChI is InChI=1S/C22H28N4O4/c1-13(2)7-8-26-19(17-9-15(4)30-16(17)5)12-25-11-18(23-20(25)22(26)29)21(28)24(6)10-14(3)27/h7,9,11-12,14,27H,8,10H2,1-6H3. The number of aromatic nitrogens is 3. The van der Waals surface area contributed by atoms with Crippen LogP contribution in [0.3, 0.4) is 0 Å². The lowest BCUT2D eigenvalue weighted by molar-refractivity contribution is 0.0699. The monoisotopic (exact) mass is 412 g/mol. The summed E-state index contributed by atoms with van der Waals surface area (Å²) in [5, 5.41) is 9.55. The molecule has 1 atom stereocenters. The molecule has 0 fully saturated rings. The molecule has 8 heteroatoms. The van der Waals surface area contributed by atoms with Gasteiger partial charge in [0.05, 0.1) is 11.8 Å². The molecule has 0 aliphatic carbocycles. The molecule has 0 saturated heterocycles. The van der Waals surface area contributed by atoms with Crippen LogP contribution in [0.4, 0.5) is 0 Å². The summed E-state index contributed by atoms with van der Waals surface area (Å²) in [7, 11) is 1.59. The number of imidazole rings is 1. The molecule has 3 heterocycles. The van der Waals surface area contributed by atoms with Crippen molar-refractivity contribution in [3.8, 4) is 11.3 Å². The molecule has 0 radical (unpaired) electrons. The van der Waals surface area contributed by atoms with E-state index in [2.05, 4.69) is 4.98 Å². The van der Waals surface area contributed by atoms with Crippen molar-refractivity contribution in [2.75, 3.05) is 13.6 Å². The fourth-order valence-electron chi connectivity index (χ4n) is 3.41. The van der Waals surface area contributed by atoms with Crippen LogP contribution in [0.5, 0.6) is 0 Å². The lowest BCUT2D eigenvalue weighted by Crippen LogP contribution is -2.33. The van der Waals surface area contributed by atoms with Crippen LogP contribution in [0.1, 0.15) is 42.8 Å². The maximum Gasteiger partial charge on any atom is 0.295 e. The van der Waals surface area contributed by atoms with Crippen molar-refractivity contribution in [3.63, 3.8) is 0 Å². The Morgan fingerprint density at radius 3 is 2.60 bits per heavy atom. The van der Waals surface area contributed by atoms with Crippen molar-refractivity contribution in [2.24, 2.45) is 0 Å². The van der Waals surface area contributed by atoms with Gasteiger partial charge in [-0.25, -0.2) is 4.98 Å². The zero-order valence-corrected chi connectivity index (χ0v) is 18.3.